The van der Waals surface area contributed by atoms with Gasteiger partial charge in [0.05, 0.1) is 7.11 Å². The van der Waals surface area contributed by atoms with Gasteiger partial charge in [0.25, 0.3) is 0 Å². The first-order valence-electron chi connectivity index (χ1n) is 8.25. The van der Waals surface area contributed by atoms with Gasteiger partial charge in [0.15, 0.2) is 11.5 Å². The zero-order chi connectivity index (χ0) is 16.0. The Balaban J connectivity index is 1.70. The molecule has 4 rings (SSSR count). The summed E-state index contributed by atoms with van der Waals surface area (Å²) in [6, 6.07) is 4.80. The molecule has 1 aromatic rings. The van der Waals surface area contributed by atoms with Gasteiger partial charge in [-0.3, -0.25) is 4.90 Å². The Bertz CT molecular complexity index is 692. The predicted octanol–water partition coefficient (Wildman–Crippen LogP) is 3.24. The molecule has 0 aliphatic carbocycles. The highest BCUT2D eigenvalue weighted by atomic mass is 16.6. The second kappa shape index (κ2) is 5.60. The second-order valence-electron chi connectivity index (χ2n) is 6.52. The Labute approximate surface area is 137 Å². The molecule has 0 saturated heterocycles. The van der Waals surface area contributed by atoms with Crippen LogP contribution in [0.4, 0.5) is 0 Å². The molecule has 0 spiro atoms. The summed E-state index contributed by atoms with van der Waals surface area (Å²) in [4.78, 5) is 2.53. The molecule has 0 aromatic heterocycles. The summed E-state index contributed by atoms with van der Waals surface area (Å²) in [6.07, 6.45) is 2.07. The molecule has 1 atom stereocenters. The summed E-state index contributed by atoms with van der Waals surface area (Å²) in [6.45, 7) is 9.50. The molecule has 122 valence electrons. The van der Waals surface area contributed by atoms with Gasteiger partial charge in [0, 0.05) is 24.7 Å². The Kier molecular flexibility index (Phi) is 3.57. The molecule has 0 radical (unpaired) electrons. The molecule has 0 fully saturated rings. The van der Waals surface area contributed by atoms with Crippen LogP contribution < -0.4 is 9.47 Å². The molecule has 0 saturated carbocycles. The largest absolute Gasteiger partial charge is 0.497 e. The fourth-order valence-corrected chi connectivity index (χ4v) is 3.92. The number of methoxy groups -OCH3 is 1. The van der Waals surface area contributed by atoms with Crippen LogP contribution >= 0.6 is 0 Å². The lowest BCUT2D eigenvalue weighted by Gasteiger charge is -2.42. The standard InChI is InChI=1S/C19H23NO3/c1-12-8-17-15-10-19-18(22-6-7-23-19)9-14(15)4-5-20(17)11-16(12)13(2)21-3/h9-10,17H,2,4-8,11H2,1,3H3. The van der Waals surface area contributed by atoms with E-state index in [4.69, 9.17) is 14.2 Å². The first-order chi connectivity index (χ1) is 11.2. The molecule has 0 amide bonds. The summed E-state index contributed by atoms with van der Waals surface area (Å²) < 4.78 is 16.9. The van der Waals surface area contributed by atoms with Crippen LogP contribution in [0.2, 0.25) is 0 Å². The second-order valence-corrected chi connectivity index (χ2v) is 6.52. The first-order valence-corrected chi connectivity index (χ1v) is 8.25. The Morgan fingerprint density at radius 3 is 2.74 bits per heavy atom. The third kappa shape index (κ3) is 2.41. The van der Waals surface area contributed by atoms with E-state index in [0.29, 0.717) is 19.3 Å². The summed E-state index contributed by atoms with van der Waals surface area (Å²) in [7, 11) is 1.70. The minimum atomic E-state index is 0.419. The maximum Gasteiger partial charge on any atom is 0.161 e. The van der Waals surface area contributed by atoms with Gasteiger partial charge in [0.2, 0.25) is 0 Å². The van der Waals surface area contributed by atoms with Crippen molar-refractivity contribution >= 4 is 0 Å². The third-order valence-corrected chi connectivity index (χ3v) is 5.23. The van der Waals surface area contributed by atoms with Crippen molar-refractivity contribution < 1.29 is 14.2 Å². The van der Waals surface area contributed by atoms with Crippen LogP contribution in [0.3, 0.4) is 0 Å². The fraction of sp³-hybridized carbons (Fsp3) is 0.474. The van der Waals surface area contributed by atoms with Crippen molar-refractivity contribution in [1.29, 1.82) is 0 Å². The third-order valence-electron chi connectivity index (χ3n) is 5.23. The van der Waals surface area contributed by atoms with E-state index >= 15 is 0 Å². The number of ether oxygens (including phenoxy) is 3. The minimum Gasteiger partial charge on any atom is -0.497 e. The lowest BCUT2D eigenvalue weighted by atomic mass is 9.84. The topological polar surface area (TPSA) is 30.9 Å². The molecule has 1 unspecified atom stereocenters. The van der Waals surface area contributed by atoms with E-state index in [1.807, 2.05) is 0 Å². The molecule has 4 heteroatoms. The molecule has 3 aliphatic rings. The number of rotatable bonds is 2. The van der Waals surface area contributed by atoms with Crippen LogP contribution in [0.15, 0.2) is 35.6 Å². The fourth-order valence-electron chi connectivity index (χ4n) is 3.92. The SMILES string of the molecule is C=C(OC)C1=C(C)CC2c3cc4c(cc3CCN2C1)OCCO4. The summed E-state index contributed by atoms with van der Waals surface area (Å²) >= 11 is 0. The van der Waals surface area contributed by atoms with E-state index in [1.54, 1.807) is 7.11 Å². The lowest BCUT2D eigenvalue weighted by molar-refractivity contribution is 0.163. The van der Waals surface area contributed by atoms with E-state index in [2.05, 4.69) is 30.5 Å². The maximum atomic E-state index is 5.78. The Hall–Kier alpha value is -1.94. The van der Waals surface area contributed by atoms with Gasteiger partial charge in [-0.1, -0.05) is 12.2 Å². The van der Waals surface area contributed by atoms with Crippen LogP contribution in [0, 0.1) is 0 Å². The zero-order valence-corrected chi connectivity index (χ0v) is 13.9. The van der Waals surface area contributed by atoms with E-state index in [9.17, 15) is 0 Å². The van der Waals surface area contributed by atoms with E-state index in [-0.39, 0.29) is 0 Å². The van der Waals surface area contributed by atoms with Gasteiger partial charge in [-0.25, -0.2) is 0 Å². The molecule has 1 aromatic carbocycles. The summed E-state index contributed by atoms with van der Waals surface area (Å²) in [5.41, 5.74) is 5.42. The molecule has 23 heavy (non-hydrogen) atoms. The number of hydrogen-bond donors (Lipinski definition) is 0. The highest BCUT2D eigenvalue weighted by Gasteiger charge is 2.34. The van der Waals surface area contributed by atoms with E-state index in [1.165, 1.54) is 22.3 Å². The monoisotopic (exact) mass is 313 g/mol. The predicted molar refractivity (Wildman–Crippen MR) is 88.9 cm³/mol. The van der Waals surface area contributed by atoms with Crippen LogP contribution in [0.1, 0.15) is 30.5 Å². The van der Waals surface area contributed by atoms with Gasteiger partial charge >= 0.3 is 0 Å². The first kappa shape index (κ1) is 14.6. The maximum absolute atomic E-state index is 5.78. The van der Waals surface area contributed by atoms with Crippen LogP contribution in [-0.4, -0.2) is 38.3 Å². The van der Waals surface area contributed by atoms with Crippen LogP contribution in [0.25, 0.3) is 0 Å². The average molecular weight is 313 g/mol. The smallest absolute Gasteiger partial charge is 0.161 e. The summed E-state index contributed by atoms with van der Waals surface area (Å²) in [5, 5.41) is 0. The van der Waals surface area contributed by atoms with Crippen LogP contribution in [-0.2, 0) is 11.2 Å². The molecular formula is C19H23NO3. The summed E-state index contributed by atoms with van der Waals surface area (Å²) in [5.74, 6) is 2.60. The average Bonchev–Trinajstić information content (AvgIpc) is 2.59. The van der Waals surface area contributed by atoms with Crippen molar-refractivity contribution in [2.45, 2.75) is 25.8 Å². The number of hydrogen-bond acceptors (Lipinski definition) is 4. The van der Waals surface area contributed by atoms with Gasteiger partial charge in [-0.2, -0.15) is 0 Å². The number of fused-ring (bicyclic) bond motifs is 4. The quantitative estimate of drug-likeness (QED) is 0.784. The zero-order valence-electron chi connectivity index (χ0n) is 13.9. The minimum absolute atomic E-state index is 0.419. The number of benzene rings is 1. The van der Waals surface area contributed by atoms with Crippen molar-refractivity contribution in [1.82, 2.24) is 4.90 Å². The lowest BCUT2D eigenvalue weighted by Crippen LogP contribution is -2.40. The van der Waals surface area contributed by atoms with Gasteiger partial charge in [-0.05, 0) is 43.0 Å². The normalized spacial score (nSPS) is 23.1. The highest BCUT2D eigenvalue weighted by molar-refractivity contribution is 5.51. The van der Waals surface area contributed by atoms with Crippen molar-refractivity contribution in [3.8, 4) is 11.5 Å². The molecule has 0 N–H and O–H groups in total. The van der Waals surface area contributed by atoms with E-state index < -0.39 is 0 Å². The molecular weight excluding hydrogens is 290 g/mol. The highest BCUT2D eigenvalue weighted by Crippen LogP contribution is 2.44. The van der Waals surface area contributed by atoms with Crippen molar-refractivity contribution in [3.05, 3.63) is 46.7 Å². The van der Waals surface area contributed by atoms with Crippen LogP contribution in [0.5, 0.6) is 11.5 Å². The molecule has 0 bridgehead atoms. The molecule has 4 nitrogen and oxygen atoms in total. The van der Waals surface area contributed by atoms with Gasteiger partial charge in [0.1, 0.15) is 19.0 Å². The Morgan fingerprint density at radius 2 is 2.00 bits per heavy atom. The van der Waals surface area contributed by atoms with Crippen molar-refractivity contribution in [2.75, 3.05) is 33.4 Å². The Morgan fingerprint density at radius 1 is 1.26 bits per heavy atom. The molecule has 3 aliphatic heterocycles. The van der Waals surface area contributed by atoms with Crippen molar-refractivity contribution in [2.24, 2.45) is 0 Å². The molecule has 3 heterocycles. The van der Waals surface area contributed by atoms with Crippen molar-refractivity contribution in [3.63, 3.8) is 0 Å². The van der Waals surface area contributed by atoms with E-state index in [0.717, 1.165) is 43.2 Å². The number of nitrogens with zero attached hydrogens (tertiary/aromatic N) is 1. The van der Waals surface area contributed by atoms with Gasteiger partial charge < -0.3 is 14.2 Å². The van der Waals surface area contributed by atoms with Gasteiger partial charge in [-0.15, -0.1) is 0 Å².